The Kier molecular flexibility index (Phi) is 6.13. The van der Waals surface area contributed by atoms with Crippen LogP contribution in [0.2, 0.25) is 0 Å². The maximum absolute atomic E-state index is 12.7. The molecule has 3 rings (SSSR count). The molecule has 4 nitrogen and oxygen atoms in total. The molecule has 1 fully saturated rings. The van der Waals surface area contributed by atoms with E-state index in [-0.39, 0.29) is 18.4 Å². The molecule has 0 unspecified atom stereocenters. The Morgan fingerprint density at radius 1 is 1.27 bits per heavy atom. The molecule has 0 saturated carbocycles. The molecule has 124 valence electrons. The summed E-state index contributed by atoms with van der Waals surface area (Å²) in [5, 5.41) is 3.10. The van der Waals surface area contributed by atoms with Gasteiger partial charge in [-0.15, -0.1) is 12.4 Å². The van der Waals surface area contributed by atoms with Crippen molar-refractivity contribution in [1.29, 1.82) is 0 Å². The van der Waals surface area contributed by atoms with Gasteiger partial charge in [0, 0.05) is 37.2 Å². The molecule has 0 bridgehead atoms. The van der Waals surface area contributed by atoms with Crippen LogP contribution in [0.25, 0.3) is 0 Å². The van der Waals surface area contributed by atoms with Crippen molar-refractivity contribution in [2.45, 2.75) is 23.9 Å². The minimum atomic E-state index is -3.40. The molecule has 22 heavy (non-hydrogen) atoms. The number of hydrogen-bond acceptors (Lipinski definition) is 4. The molecular formula is C14H20ClFN2O2S2. The van der Waals surface area contributed by atoms with Crippen LogP contribution < -0.4 is 5.32 Å². The third-order valence-corrected chi connectivity index (χ3v) is 6.86. The van der Waals surface area contributed by atoms with Gasteiger partial charge in [0.15, 0.2) is 0 Å². The zero-order chi connectivity index (χ0) is 14.9. The van der Waals surface area contributed by atoms with E-state index in [1.54, 1.807) is 28.2 Å². The highest BCUT2D eigenvalue weighted by atomic mass is 35.5. The van der Waals surface area contributed by atoms with Crippen LogP contribution in [0.15, 0.2) is 23.1 Å². The Bertz CT molecular complexity index is 621. The molecule has 1 aromatic carbocycles. The van der Waals surface area contributed by atoms with Gasteiger partial charge in [-0.25, -0.2) is 12.8 Å². The van der Waals surface area contributed by atoms with Crippen molar-refractivity contribution in [3.8, 4) is 0 Å². The van der Waals surface area contributed by atoms with Gasteiger partial charge in [0.2, 0.25) is 10.0 Å². The second-order valence-corrected chi connectivity index (χ2v) is 8.55. The molecule has 0 amide bonds. The lowest BCUT2D eigenvalue weighted by Crippen LogP contribution is -2.39. The molecule has 0 aliphatic carbocycles. The molecule has 0 aromatic heterocycles. The predicted octanol–water partition coefficient (Wildman–Crippen LogP) is 1.83. The summed E-state index contributed by atoms with van der Waals surface area (Å²) in [6.07, 6.45) is 0.618. The zero-order valence-corrected chi connectivity index (χ0v) is 14.6. The second-order valence-electron chi connectivity index (χ2n) is 5.38. The highest BCUT2D eigenvalue weighted by Gasteiger charge is 2.27. The Balaban J connectivity index is 0.00000176. The van der Waals surface area contributed by atoms with Gasteiger partial charge in [-0.05, 0) is 29.7 Å². The van der Waals surface area contributed by atoms with Gasteiger partial charge >= 0.3 is 0 Å². The second kappa shape index (κ2) is 7.49. The maximum Gasteiger partial charge on any atom is 0.243 e. The Morgan fingerprint density at radius 2 is 2.00 bits per heavy atom. The Labute approximate surface area is 141 Å². The van der Waals surface area contributed by atoms with Crippen LogP contribution in [-0.2, 0) is 23.0 Å². The lowest BCUT2D eigenvalue weighted by Gasteiger charge is -2.27. The van der Waals surface area contributed by atoms with Crippen molar-refractivity contribution in [1.82, 2.24) is 9.62 Å². The van der Waals surface area contributed by atoms with E-state index < -0.39 is 16.7 Å². The van der Waals surface area contributed by atoms with Crippen molar-refractivity contribution >= 4 is 34.2 Å². The summed E-state index contributed by atoms with van der Waals surface area (Å²) in [5.74, 6) is 1.70. The molecule has 1 saturated heterocycles. The van der Waals surface area contributed by atoms with Crippen molar-refractivity contribution in [2.75, 3.05) is 31.3 Å². The molecule has 0 radical (unpaired) electrons. The van der Waals surface area contributed by atoms with Crippen LogP contribution in [-0.4, -0.2) is 50.0 Å². The first kappa shape index (κ1) is 18.0. The number of hydrogen-bond donors (Lipinski definition) is 1. The molecular weight excluding hydrogens is 347 g/mol. The Morgan fingerprint density at radius 3 is 2.68 bits per heavy atom. The molecule has 1 N–H and O–H groups in total. The third kappa shape index (κ3) is 3.59. The normalized spacial score (nSPS) is 22.7. The summed E-state index contributed by atoms with van der Waals surface area (Å²) in [4.78, 5) is 0.355. The lowest BCUT2D eigenvalue weighted by atomic mass is 9.96. The van der Waals surface area contributed by atoms with Gasteiger partial charge < -0.3 is 5.32 Å². The third-order valence-electron chi connectivity index (χ3n) is 4.02. The van der Waals surface area contributed by atoms with Gasteiger partial charge in [0.25, 0.3) is 0 Å². The molecule has 2 aliphatic rings. The van der Waals surface area contributed by atoms with E-state index >= 15 is 0 Å². The van der Waals surface area contributed by atoms with E-state index in [4.69, 9.17) is 0 Å². The fourth-order valence-electron chi connectivity index (χ4n) is 2.76. The fraction of sp³-hybridized carbons (Fsp3) is 0.571. The van der Waals surface area contributed by atoms with Crippen molar-refractivity contribution in [3.63, 3.8) is 0 Å². The molecule has 0 spiro atoms. The average Bonchev–Trinajstić information content (AvgIpc) is 2.54. The minimum Gasteiger partial charge on any atom is -0.307 e. The van der Waals surface area contributed by atoms with Crippen molar-refractivity contribution < 1.29 is 12.8 Å². The number of halogens is 2. The first-order chi connectivity index (χ1) is 10.1. The summed E-state index contributed by atoms with van der Waals surface area (Å²) in [5.41, 5.74) is 2.01. The molecule has 1 aromatic rings. The van der Waals surface area contributed by atoms with Gasteiger partial charge in [0.05, 0.1) is 4.90 Å². The number of sulfonamides is 1. The number of rotatable bonds is 3. The topological polar surface area (TPSA) is 49.4 Å². The van der Waals surface area contributed by atoms with E-state index in [2.05, 4.69) is 5.32 Å². The standard InChI is InChI=1S/C14H19FN2O2S2.ClH/c15-9-13-7-11-1-2-14(8-12(11)10-16-13)21(18,19)17-3-5-20-6-4-17;/h1-2,8,13,16H,3-7,9-10H2;1H/t13-;/m1./s1. The maximum atomic E-state index is 12.7. The number of benzene rings is 1. The first-order valence-electron chi connectivity index (χ1n) is 7.10. The highest BCUT2D eigenvalue weighted by Crippen LogP contribution is 2.25. The molecule has 2 aliphatic heterocycles. The smallest absolute Gasteiger partial charge is 0.243 e. The first-order valence-corrected chi connectivity index (χ1v) is 9.70. The summed E-state index contributed by atoms with van der Waals surface area (Å²) in [6.45, 7) is 1.28. The van der Waals surface area contributed by atoms with Crippen LogP contribution in [0, 0.1) is 0 Å². The lowest BCUT2D eigenvalue weighted by molar-refractivity contribution is 0.358. The number of nitrogens with one attached hydrogen (secondary N) is 1. The number of alkyl halides is 1. The molecule has 1 atom stereocenters. The van der Waals surface area contributed by atoms with Crippen LogP contribution >= 0.6 is 24.2 Å². The number of nitrogens with zero attached hydrogens (tertiary/aromatic N) is 1. The molecule has 8 heteroatoms. The summed E-state index contributed by atoms with van der Waals surface area (Å²) < 4.78 is 39.5. The van der Waals surface area contributed by atoms with Crippen LogP contribution in [0.4, 0.5) is 4.39 Å². The predicted molar refractivity (Wildman–Crippen MR) is 90.1 cm³/mol. The summed E-state index contributed by atoms with van der Waals surface area (Å²) in [6, 6.07) is 5.09. The van der Waals surface area contributed by atoms with Gasteiger partial charge in [-0.1, -0.05) is 6.07 Å². The largest absolute Gasteiger partial charge is 0.307 e. The van der Waals surface area contributed by atoms with E-state index in [1.165, 1.54) is 0 Å². The van der Waals surface area contributed by atoms with E-state index in [1.807, 2.05) is 6.07 Å². The molecule has 2 heterocycles. The van der Waals surface area contributed by atoms with Crippen molar-refractivity contribution in [3.05, 3.63) is 29.3 Å². The van der Waals surface area contributed by atoms with Crippen molar-refractivity contribution in [2.24, 2.45) is 0 Å². The van der Waals surface area contributed by atoms with E-state index in [9.17, 15) is 12.8 Å². The highest BCUT2D eigenvalue weighted by molar-refractivity contribution is 7.99. The van der Waals surface area contributed by atoms with Gasteiger partial charge in [0.1, 0.15) is 6.67 Å². The van der Waals surface area contributed by atoms with Crippen LogP contribution in [0.3, 0.4) is 0 Å². The van der Waals surface area contributed by atoms with Gasteiger partial charge in [-0.2, -0.15) is 16.1 Å². The van der Waals surface area contributed by atoms with E-state index in [0.717, 1.165) is 22.6 Å². The number of thioether (sulfide) groups is 1. The monoisotopic (exact) mass is 366 g/mol. The summed E-state index contributed by atoms with van der Waals surface area (Å²) >= 11 is 1.78. The SMILES string of the molecule is Cl.O=S(=O)(c1ccc2c(c1)CN[C@@H](CF)C2)N1CCSCC1. The summed E-state index contributed by atoms with van der Waals surface area (Å²) in [7, 11) is -3.40. The Hall–Kier alpha value is -0.340. The van der Waals surface area contributed by atoms with Crippen LogP contribution in [0.1, 0.15) is 11.1 Å². The minimum absolute atomic E-state index is 0. The quantitative estimate of drug-likeness (QED) is 0.886. The van der Waals surface area contributed by atoms with Gasteiger partial charge in [-0.3, -0.25) is 0 Å². The van der Waals surface area contributed by atoms with E-state index in [0.29, 0.717) is 31.0 Å². The zero-order valence-electron chi connectivity index (χ0n) is 12.1. The fourth-order valence-corrected chi connectivity index (χ4v) is 5.39. The van der Waals surface area contributed by atoms with Crippen LogP contribution in [0.5, 0.6) is 0 Å². The number of fused-ring (bicyclic) bond motifs is 1. The average molecular weight is 367 g/mol.